The third-order valence-corrected chi connectivity index (χ3v) is 5.36. The number of nitrogens with zero attached hydrogens (tertiary/aromatic N) is 1. The second-order valence-electron chi connectivity index (χ2n) is 5.47. The van der Waals surface area contributed by atoms with Crippen molar-refractivity contribution in [1.82, 2.24) is 10.2 Å². The molecule has 1 aromatic carbocycles. The number of rotatable bonds is 2. The van der Waals surface area contributed by atoms with Crippen LogP contribution in [-0.2, 0) is 0 Å². The van der Waals surface area contributed by atoms with Gasteiger partial charge in [-0.1, -0.05) is 0 Å². The molecule has 1 N–H and O–H groups in total. The van der Waals surface area contributed by atoms with Crippen molar-refractivity contribution in [3.05, 3.63) is 28.6 Å². The molecule has 5 heteroatoms. The number of methoxy groups -OCH3 is 1. The predicted octanol–water partition coefficient (Wildman–Crippen LogP) is 2.65. The number of benzene rings is 1. The molecule has 4 nitrogen and oxygen atoms in total. The third-order valence-electron chi connectivity index (χ3n) is 4.10. The zero-order valence-corrected chi connectivity index (χ0v) is 13.4. The van der Waals surface area contributed by atoms with Crippen molar-refractivity contribution in [2.75, 3.05) is 26.7 Å². The first-order chi connectivity index (χ1) is 10.1. The normalized spacial score (nSPS) is 19.0. The van der Waals surface area contributed by atoms with Crippen LogP contribution in [0.2, 0.25) is 0 Å². The summed E-state index contributed by atoms with van der Waals surface area (Å²) in [6.45, 7) is 6.63. The quantitative estimate of drug-likeness (QED) is 0.927. The smallest absolute Gasteiger partial charge is 0.264 e. The largest absolute Gasteiger partial charge is 0.497 e. The van der Waals surface area contributed by atoms with Gasteiger partial charge in [-0.15, -0.1) is 11.3 Å². The number of thiophene rings is 1. The molecule has 0 saturated carbocycles. The summed E-state index contributed by atoms with van der Waals surface area (Å²) in [5, 5.41) is 4.44. The van der Waals surface area contributed by atoms with Gasteiger partial charge in [0.15, 0.2) is 0 Å². The van der Waals surface area contributed by atoms with E-state index >= 15 is 0 Å². The Morgan fingerprint density at radius 3 is 3.00 bits per heavy atom. The van der Waals surface area contributed by atoms with E-state index < -0.39 is 0 Å². The predicted molar refractivity (Wildman–Crippen MR) is 86.5 cm³/mol. The minimum Gasteiger partial charge on any atom is -0.497 e. The molecular formula is C16H20N2O2S. The number of hydrogen-bond donors (Lipinski definition) is 1. The summed E-state index contributed by atoms with van der Waals surface area (Å²) in [5.74, 6) is 0.986. The fourth-order valence-electron chi connectivity index (χ4n) is 2.80. The standard InChI is InChI=1S/C16H20N2O2S/c1-10-9-17-6-7-18(10)16(19)15-11(2)13-8-12(20-3)4-5-14(13)21-15/h4-5,8,10,17H,6-7,9H2,1-3H3. The molecule has 1 aromatic heterocycles. The highest BCUT2D eigenvalue weighted by molar-refractivity contribution is 7.21. The second kappa shape index (κ2) is 5.66. The minimum absolute atomic E-state index is 0.154. The molecule has 0 aliphatic carbocycles. The van der Waals surface area contributed by atoms with Gasteiger partial charge in [-0.3, -0.25) is 4.79 Å². The highest BCUT2D eigenvalue weighted by Gasteiger charge is 2.27. The van der Waals surface area contributed by atoms with Crippen LogP contribution in [0.5, 0.6) is 5.75 Å². The Morgan fingerprint density at radius 2 is 2.29 bits per heavy atom. The van der Waals surface area contributed by atoms with E-state index in [0.717, 1.165) is 45.9 Å². The van der Waals surface area contributed by atoms with Crippen LogP contribution >= 0.6 is 11.3 Å². The van der Waals surface area contributed by atoms with Crippen LogP contribution in [0.4, 0.5) is 0 Å². The summed E-state index contributed by atoms with van der Waals surface area (Å²) >= 11 is 1.58. The molecule has 1 aliphatic heterocycles. The van der Waals surface area contributed by atoms with Gasteiger partial charge in [0.2, 0.25) is 0 Å². The van der Waals surface area contributed by atoms with E-state index in [1.165, 1.54) is 0 Å². The zero-order valence-electron chi connectivity index (χ0n) is 12.6. The molecule has 0 bridgehead atoms. The van der Waals surface area contributed by atoms with Crippen molar-refractivity contribution >= 4 is 27.3 Å². The molecule has 0 spiro atoms. The lowest BCUT2D eigenvalue weighted by molar-refractivity contribution is 0.0660. The average molecular weight is 304 g/mol. The van der Waals surface area contributed by atoms with Gasteiger partial charge < -0.3 is 15.0 Å². The Bertz CT molecular complexity index is 680. The molecular weight excluding hydrogens is 284 g/mol. The molecule has 21 heavy (non-hydrogen) atoms. The maximum Gasteiger partial charge on any atom is 0.264 e. The zero-order chi connectivity index (χ0) is 15.0. The Morgan fingerprint density at radius 1 is 1.48 bits per heavy atom. The van der Waals surface area contributed by atoms with E-state index in [-0.39, 0.29) is 11.9 Å². The fraction of sp³-hybridized carbons (Fsp3) is 0.438. The van der Waals surface area contributed by atoms with Crippen LogP contribution in [0.25, 0.3) is 10.1 Å². The number of nitrogens with one attached hydrogen (secondary N) is 1. The van der Waals surface area contributed by atoms with Crippen LogP contribution in [0.1, 0.15) is 22.2 Å². The Kier molecular flexibility index (Phi) is 3.87. The minimum atomic E-state index is 0.154. The van der Waals surface area contributed by atoms with Gasteiger partial charge in [0.25, 0.3) is 5.91 Å². The highest BCUT2D eigenvalue weighted by atomic mass is 32.1. The monoisotopic (exact) mass is 304 g/mol. The number of carbonyl (C=O) groups excluding carboxylic acids is 1. The molecule has 0 radical (unpaired) electrons. The van der Waals surface area contributed by atoms with Gasteiger partial charge in [0, 0.05) is 30.4 Å². The van der Waals surface area contributed by atoms with Crippen LogP contribution in [0, 0.1) is 6.92 Å². The van der Waals surface area contributed by atoms with E-state index in [4.69, 9.17) is 4.74 Å². The van der Waals surface area contributed by atoms with E-state index in [2.05, 4.69) is 12.2 Å². The number of amides is 1. The van der Waals surface area contributed by atoms with Crippen LogP contribution in [0.3, 0.4) is 0 Å². The second-order valence-corrected chi connectivity index (χ2v) is 6.52. The fourth-order valence-corrected chi connectivity index (χ4v) is 3.95. The van der Waals surface area contributed by atoms with E-state index in [1.54, 1.807) is 18.4 Å². The van der Waals surface area contributed by atoms with Gasteiger partial charge in [-0.05, 0) is 43.0 Å². The van der Waals surface area contributed by atoms with Crippen LogP contribution in [-0.4, -0.2) is 43.6 Å². The van der Waals surface area contributed by atoms with Crippen molar-refractivity contribution in [3.63, 3.8) is 0 Å². The first kappa shape index (κ1) is 14.4. The molecule has 2 heterocycles. The molecule has 1 amide bonds. The highest BCUT2D eigenvalue weighted by Crippen LogP contribution is 2.34. The van der Waals surface area contributed by atoms with Crippen molar-refractivity contribution in [2.45, 2.75) is 19.9 Å². The average Bonchev–Trinajstić information content (AvgIpc) is 2.83. The number of fused-ring (bicyclic) bond motifs is 1. The van der Waals surface area contributed by atoms with Crippen molar-refractivity contribution in [1.29, 1.82) is 0 Å². The van der Waals surface area contributed by atoms with Crippen molar-refractivity contribution < 1.29 is 9.53 Å². The van der Waals surface area contributed by atoms with E-state index in [9.17, 15) is 4.79 Å². The SMILES string of the molecule is COc1ccc2sc(C(=O)N3CCNCC3C)c(C)c2c1. The molecule has 1 unspecified atom stereocenters. The first-order valence-corrected chi connectivity index (χ1v) is 8.02. The number of aryl methyl sites for hydroxylation is 1. The van der Waals surface area contributed by atoms with Crippen LogP contribution < -0.4 is 10.1 Å². The van der Waals surface area contributed by atoms with E-state index in [1.807, 2.05) is 30.0 Å². The van der Waals surface area contributed by atoms with Gasteiger partial charge in [-0.2, -0.15) is 0 Å². The number of ether oxygens (including phenoxy) is 1. The molecule has 1 atom stereocenters. The lowest BCUT2D eigenvalue weighted by Crippen LogP contribution is -2.52. The lowest BCUT2D eigenvalue weighted by atomic mass is 10.1. The number of piperazine rings is 1. The molecule has 1 fully saturated rings. The Hall–Kier alpha value is -1.59. The van der Waals surface area contributed by atoms with Crippen molar-refractivity contribution in [2.24, 2.45) is 0 Å². The first-order valence-electron chi connectivity index (χ1n) is 7.20. The van der Waals surface area contributed by atoms with Gasteiger partial charge in [0.05, 0.1) is 12.0 Å². The van der Waals surface area contributed by atoms with Gasteiger partial charge in [-0.25, -0.2) is 0 Å². The summed E-state index contributed by atoms with van der Waals surface area (Å²) < 4.78 is 6.42. The summed E-state index contributed by atoms with van der Waals surface area (Å²) in [6, 6.07) is 6.23. The summed E-state index contributed by atoms with van der Waals surface area (Å²) in [5.41, 5.74) is 1.06. The van der Waals surface area contributed by atoms with E-state index in [0.29, 0.717) is 0 Å². The van der Waals surface area contributed by atoms with Gasteiger partial charge in [0.1, 0.15) is 5.75 Å². The van der Waals surface area contributed by atoms with Gasteiger partial charge >= 0.3 is 0 Å². The summed E-state index contributed by atoms with van der Waals surface area (Å²) in [7, 11) is 1.66. The number of carbonyl (C=O) groups is 1. The molecule has 2 aromatic rings. The van der Waals surface area contributed by atoms with Crippen LogP contribution in [0.15, 0.2) is 18.2 Å². The maximum atomic E-state index is 12.8. The summed E-state index contributed by atoms with van der Waals surface area (Å²) in [6.07, 6.45) is 0. The van der Waals surface area contributed by atoms with Crippen molar-refractivity contribution in [3.8, 4) is 5.75 Å². The Labute approximate surface area is 128 Å². The molecule has 112 valence electrons. The lowest BCUT2D eigenvalue weighted by Gasteiger charge is -2.33. The Balaban J connectivity index is 2.00. The molecule has 1 aliphatic rings. The summed E-state index contributed by atoms with van der Waals surface area (Å²) in [4.78, 5) is 15.7. The molecule has 1 saturated heterocycles. The third kappa shape index (κ3) is 2.51. The topological polar surface area (TPSA) is 41.6 Å². The number of hydrogen-bond acceptors (Lipinski definition) is 4. The molecule has 3 rings (SSSR count). The maximum absolute atomic E-state index is 12.8.